The number of ether oxygens (including phenoxy) is 1. The molecule has 0 spiro atoms. The minimum atomic E-state index is -0.712. The molecule has 0 bridgehead atoms. The Labute approximate surface area is 82.9 Å². The molecular formula is C11H11NO2. The van der Waals surface area contributed by atoms with Crippen molar-refractivity contribution in [2.45, 2.75) is 5.92 Å². The van der Waals surface area contributed by atoms with Crippen LogP contribution >= 0.6 is 0 Å². The number of benzene rings is 1. The Morgan fingerprint density at radius 1 is 1.50 bits per heavy atom. The Bertz CT molecular complexity index is 340. The van der Waals surface area contributed by atoms with E-state index in [-0.39, 0.29) is 12.4 Å². The van der Waals surface area contributed by atoms with Crippen LogP contribution < -0.4 is 0 Å². The van der Waals surface area contributed by atoms with E-state index in [4.69, 9.17) is 10.00 Å². The molecule has 0 N–H and O–H groups in total. The lowest BCUT2D eigenvalue weighted by atomic mass is 9.97. The molecular weight excluding hydrogens is 178 g/mol. The molecule has 72 valence electrons. The number of hydrogen-bond acceptors (Lipinski definition) is 3. The van der Waals surface area contributed by atoms with E-state index < -0.39 is 5.92 Å². The zero-order valence-corrected chi connectivity index (χ0v) is 7.93. The second kappa shape index (κ2) is 5.15. The number of hydrogen-bond donors (Lipinski definition) is 0. The van der Waals surface area contributed by atoms with Crippen molar-refractivity contribution in [1.82, 2.24) is 0 Å². The quantitative estimate of drug-likeness (QED) is 0.721. The lowest BCUT2D eigenvalue weighted by Crippen LogP contribution is -2.15. The van der Waals surface area contributed by atoms with Crippen LogP contribution in [-0.2, 0) is 9.53 Å². The van der Waals surface area contributed by atoms with Crippen molar-refractivity contribution in [2.75, 3.05) is 13.7 Å². The molecule has 0 aliphatic rings. The summed E-state index contributed by atoms with van der Waals surface area (Å²) in [5.41, 5.74) is 0.719. The molecule has 0 radical (unpaired) electrons. The molecule has 0 heterocycles. The highest BCUT2D eigenvalue weighted by atomic mass is 16.5. The lowest BCUT2D eigenvalue weighted by Gasteiger charge is -2.06. The van der Waals surface area contributed by atoms with Crippen LogP contribution in [0.4, 0.5) is 0 Å². The van der Waals surface area contributed by atoms with Gasteiger partial charge in [0, 0.05) is 7.11 Å². The molecule has 0 fully saturated rings. The van der Waals surface area contributed by atoms with Crippen molar-refractivity contribution < 1.29 is 9.53 Å². The van der Waals surface area contributed by atoms with Gasteiger partial charge in [-0.2, -0.15) is 5.26 Å². The Balaban J connectivity index is 2.84. The maximum Gasteiger partial charge on any atom is 0.179 e. The fraction of sp³-hybridized carbons (Fsp3) is 0.273. The van der Waals surface area contributed by atoms with Gasteiger partial charge in [-0.05, 0) is 5.56 Å². The van der Waals surface area contributed by atoms with Crippen LogP contribution in [0.15, 0.2) is 30.3 Å². The monoisotopic (exact) mass is 189 g/mol. The van der Waals surface area contributed by atoms with Gasteiger partial charge in [-0.3, -0.25) is 4.79 Å². The van der Waals surface area contributed by atoms with Crippen LogP contribution in [0.5, 0.6) is 0 Å². The molecule has 1 aromatic rings. The maximum atomic E-state index is 11.4. The van der Waals surface area contributed by atoms with Gasteiger partial charge < -0.3 is 4.74 Å². The van der Waals surface area contributed by atoms with Gasteiger partial charge in [0.15, 0.2) is 5.78 Å². The maximum absolute atomic E-state index is 11.4. The van der Waals surface area contributed by atoms with Gasteiger partial charge in [-0.15, -0.1) is 0 Å². The first-order chi connectivity index (χ1) is 6.79. The first kappa shape index (κ1) is 10.4. The molecule has 14 heavy (non-hydrogen) atoms. The second-order valence-corrected chi connectivity index (χ2v) is 2.87. The summed E-state index contributed by atoms with van der Waals surface area (Å²) in [5.74, 6) is -0.919. The van der Waals surface area contributed by atoms with E-state index in [2.05, 4.69) is 0 Å². The molecule has 3 heteroatoms. The van der Waals surface area contributed by atoms with Gasteiger partial charge in [0.05, 0.1) is 6.07 Å². The summed E-state index contributed by atoms with van der Waals surface area (Å²) in [6, 6.07) is 11.0. The fourth-order valence-corrected chi connectivity index (χ4v) is 1.20. The van der Waals surface area contributed by atoms with Crippen LogP contribution in [0.25, 0.3) is 0 Å². The Hall–Kier alpha value is -1.66. The van der Waals surface area contributed by atoms with Crippen molar-refractivity contribution in [3.8, 4) is 6.07 Å². The predicted molar refractivity (Wildman–Crippen MR) is 51.7 cm³/mol. The van der Waals surface area contributed by atoms with Crippen LogP contribution in [-0.4, -0.2) is 19.5 Å². The largest absolute Gasteiger partial charge is 0.377 e. The lowest BCUT2D eigenvalue weighted by molar-refractivity contribution is -0.122. The molecule has 0 aromatic heterocycles. The van der Waals surface area contributed by atoms with E-state index in [0.29, 0.717) is 0 Å². The van der Waals surface area contributed by atoms with Crippen molar-refractivity contribution >= 4 is 5.78 Å². The van der Waals surface area contributed by atoms with Gasteiger partial charge in [0.25, 0.3) is 0 Å². The van der Waals surface area contributed by atoms with E-state index >= 15 is 0 Å². The molecule has 3 nitrogen and oxygen atoms in total. The van der Waals surface area contributed by atoms with Crippen LogP contribution in [0.1, 0.15) is 11.5 Å². The van der Waals surface area contributed by atoms with Gasteiger partial charge >= 0.3 is 0 Å². The number of carbonyl (C=O) groups is 1. The molecule has 0 aliphatic carbocycles. The van der Waals surface area contributed by atoms with Crippen molar-refractivity contribution in [1.29, 1.82) is 5.26 Å². The third-order valence-electron chi connectivity index (χ3n) is 1.87. The molecule has 0 amide bonds. The summed E-state index contributed by atoms with van der Waals surface area (Å²) < 4.78 is 4.71. The molecule has 0 saturated carbocycles. The topological polar surface area (TPSA) is 50.1 Å². The van der Waals surface area contributed by atoms with Gasteiger partial charge in [0.1, 0.15) is 12.5 Å². The number of rotatable bonds is 4. The highest BCUT2D eigenvalue weighted by Gasteiger charge is 2.18. The van der Waals surface area contributed by atoms with Crippen molar-refractivity contribution in [3.63, 3.8) is 0 Å². The smallest absolute Gasteiger partial charge is 0.179 e. The summed E-state index contributed by atoms with van der Waals surface area (Å²) in [5, 5.41) is 8.85. The molecule has 0 saturated heterocycles. The van der Waals surface area contributed by atoms with E-state index in [1.54, 1.807) is 24.3 Å². The fourth-order valence-electron chi connectivity index (χ4n) is 1.20. The normalized spacial score (nSPS) is 11.7. The standard InChI is InChI=1S/C11H11NO2/c1-14-8-11(13)10(7-12)9-5-3-2-4-6-9/h2-6,10H,8H2,1H3/t10-/m0/s1. The second-order valence-electron chi connectivity index (χ2n) is 2.87. The summed E-state index contributed by atoms with van der Waals surface area (Å²) in [4.78, 5) is 11.4. The van der Waals surface area contributed by atoms with E-state index in [1.807, 2.05) is 12.1 Å². The summed E-state index contributed by atoms with van der Waals surface area (Å²) in [6.45, 7) is -0.0207. The average molecular weight is 189 g/mol. The minimum absolute atomic E-state index is 0.0207. The first-order valence-electron chi connectivity index (χ1n) is 4.25. The number of carbonyl (C=O) groups excluding carboxylic acids is 1. The van der Waals surface area contributed by atoms with Crippen LogP contribution in [0.2, 0.25) is 0 Å². The third kappa shape index (κ3) is 2.41. The third-order valence-corrected chi connectivity index (χ3v) is 1.87. The number of methoxy groups -OCH3 is 1. The summed E-state index contributed by atoms with van der Waals surface area (Å²) in [6.07, 6.45) is 0. The minimum Gasteiger partial charge on any atom is -0.377 e. The van der Waals surface area contributed by atoms with E-state index in [1.165, 1.54) is 7.11 Å². The highest BCUT2D eigenvalue weighted by molar-refractivity contribution is 5.89. The Morgan fingerprint density at radius 3 is 2.64 bits per heavy atom. The summed E-state index contributed by atoms with van der Waals surface area (Å²) in [7, 11) is 1.44. The van der Waals surface area contributed by atoms with Gasteiger partial charge in [-0.1, -0.05) is 30.3 Å². The molecule has 0 unspecified atom stereocenters. The summed E-state index contributed by atoms with van der Waals surface area (Å²) >= 11 is 0. The number of Topliss-reactive ketones (excluding diaryl/α,β-unsaturated/α-hetero) is 1. The zero-order valence-electron chi connectivity index (χ0n) is 7.93. The predicted octanol–water partition coefficient (Wildman–Crippen LogP) is 1.51. The Morgan fingerprint density at radius 2 is 2.14 bits per heavy atom. The number of nitriles is 1. The van der Waals surface area contributed by atoms with Gasteiger partial charge in [-0.25, -0.2) is 0 Å². The SMILES string of the molecule is COCC(=O)[C@@H](C#N)c1ccccc1. The average Bonchev–Trinajstić information content (AvgIpc) is 2.21. The molecule has 1 rings (SSSR count). The van der Waals surface area contributed by atoms with Crippen molar-refractivity contribution in [2.24, 2.45) is 0 Å². The molecule has 0 aliphatic heterocycles. The van der Waals surface area contributed by atoms with Crippen molar-refractivity contribution in [3.05, 3.63) is 35.9 Å². The highest BCUT2D eigenvalue weighted by Crippen LogP contribution is 2.15. The zero-order chi connectivity index (χ0) is 10.4. The number of ketones is 1. The van der Waals surface area contributed by atoms with Crippen LogP contribution in [0.3, 0.4) is 0 Å². The van der Waals surface area contributed by atoms with E-state index in [0.717, 1.165) is 5.56 Å². The molecule has 1 aromatic carbocycles. The first-order valence-corrected chi connectivity index (χ1v) is 4.25. The Kier molecular flexibility index (Phi) is 3.84. The number of nitrogens with zero attached hydrogens (tertiary/aromatic N) is 1. The van der Waals surface area contributed by atoms with E-state index in [9.17, 15) is 4.79 Å². The van der Waals surface area contributed by atoms with Gasteiger partial charge in [0.2, 0.25) is 0 Å². The molecule has 1 atom stereocenters. The van der Waals surface area contributed by atoms with Crippen LogP contribution in [0, 0.1) is 11.3 Å².